The first-order chi connectivity index (χ1) is 21.2. The lowest BCUT2D eigenvalue weighted by Gasteiger charge is -2.34. The van der Waals surface area contributed by atoms with Crippen LogP contribution in [0.15, 0.2) is 48.5 Å². The van der Waals surface area contributed by atoms with E-state index in [2.05, 4.69) is 25.4 Å². The highest BCUT2D eigenvalue weighted by atomic mass is 31.2. The smallest absolute Gasteiger partial charge is 0.307 e. The molecule has 12 nitrogen and oxygen atoms in total. The van der Waals surface area contributed by atoms with E-state index in [1.807, 2.05) is 0 Å². The Morgan fingerprint density at radius 2 is 1.30 bits per heavy atom. The quantitative estimate of drug-likeness (QED) is 0.233. The Kier molecular flexibility index (Phi) is 11.3. The number of hydrogen-bond acceptors (Lipinski definition) is 9. The highest BCUT2D eigenvalue weighted by Gasteiger charge is 2.46. The van der Waals surface area contributed by atoms with Crippen molar-refractivity contribution < 1.29 is 38.0 Å². The Labute approximate surface area is 256 Å². The van der Waals surface area contributed by atoms with E-state index >= 15 is 4.57 Å². The van der Waals surface area contributed by atoms with Gasteiger partial charge in [0.1, 0.15) is 0 Å². The molecule has 13 heteroatoms. The average molecular weight is 627 g/mol. The van der Waals surface area contributed by atoms with Crippen LogP contribution in [0, 0.1) is 0 Å². The zero-order valence-electron chi connectivity index (χ0n) is 25.0. The maximum absolute atomic E-state index is 15.4. The lowest BCUT2D eigenvalue weighted by Crippen LogP contribution is -2.47. The SMILES string of the molecule is COC(=O)CCNC(=O)c1ccc(P(=O)(c2ccc(C(=O)NCCC(=O)OC)cc2)C2CCCN2C(=O)[C@@H]2CCCN2)cc1. The van der Waals surface area contributed by atoms with Gasteiger partial charge in [-0.3, -0.25) is 24.0 Å². The molecule has 2 heterocycles. The van der Waals surface area contributed by atoms with Crippen molar-refractivity contribution in [2.45, 2.75) is 50.3 Å². The molecule has 4 rings (SSSR count). The molecule has 0 aromatic heterocycles. The molecule has 3 amide bonds. The summed E-state index contributed by atoms with van der Waals surface area (Å²) in [5.41, 5.74) is 0.664. The molecule has 2 aromatic rings. The van der Waals surface area contributed by atoms with Gasteiger partial charge in [0.15, 0.2) is 7.14 Å². The van der Waals surface area contributed by atoms with Crippen LogP contribution in [0.25, 0.3) is 0 Å². The van der Waals surface area contributed by atoms with Gasteiger partial charge in [-0.15, -0.1) is 0 Å². The van der Waals surface area contributed by atoms with Gasteiger partial charge in [-0.25, -0.2) is 0 Å². The summed E-state index contributed by atoms with van der Waals surface area (Å²) in [7, 11) is -0.951. The van der Waals surface area contributed by atoms with Crippen LogP contribution in [-0.4, -0.2) is 86.8 Å². The number of hydrogen-bond donors (Lipinski definition) is 3. The highest BCUT2D eigenvalue weighted by Crippen LogP contribution is 2.54. The van der Waals surface area contributed by atoms with Crippen LogP contribution in [0.4, 0.5) is 0 Å². The van der Waals surface area contributed by atoms with Gasteiger partial charge in [0, 0.05) is 41.4 Å². The van der Waals surface area contributed by atoms with Crippen molar-refractivity contribution in [3.05, 3.63) is 59.7 Å². The van der Waals surface area contributed by atoms with Gasteiger partial charge >= 0.3 is 11.9 Å². The van der Waals surface area contributed by atoms with Crippen LogP contribution in [0.2, 0.25) is 0 Å². The molecular formula is C31H39N4O8P. The molecule has 0 spiro atoms. The summed E-state index contributed by atoms with van der Waals surface area (Å²) in [6.45, 7) is 1.48. The summed E-state index contributed by atoms with van der Waals surface area (Å²) in [5.74, 6) is -2.29. The third-order valence-corrected chi connectivity index (χ3v) is 11.5. The van der Waals surface area contributed by atoms with Gasteiger partial charge in [-0.05, 0) is 56.5 Å². The van der Waals surface area contributed by atoms with E-state index in [4.69, 9.17) is 0 Å². The van der Waals surface area contributed by atoms with Crippen LogP contribution >= 0.6 is 7.14 Å². The standard InChI is InChI=1S/C31H39N4O8P/c1-42-27(36)15-18-33-29(38)21-7-11-23(12-8-21)44(41,26-6-4-20-35(26)31(40)25-5-3-17-32-25)24-13-9-22(10-14-24)30(39)34-19-16-28(37)43-2/h7-14,25-26,32H,3-6,15-20H2,1-2H3,(H,33,38)(H,34,39)/t25-,26?/m0/s1. The first kappa shape index (κ1) is 32.9. The molecule has 2 fully saturated rings. The number of benzene rings is 2. The second-order valence-electron chi connectivity index (χ2n) is 10.7. The number of amides is 3. The summed E-state index contributed by atoms with van der Waals surface area (Å²) in [6.07, 6.45) is 2.95. The molecule has 2 aliphatic heterocycles. The molecule has 3 N–H and O–H groups in total. The van der Waals surface area contributed by atoms with E-state index < -0.39 is 24.9 Å². The van der Waals surface area contributed by atoms with Crippen LogP contribution in [0.3, 0.4) is 0 Å². The molecule has 2 atom stereocenters. The van der Waals surface area contributed by atoms with Gasteiger partial charge in [0.2, 0.25) is 5.91 Å². The number of likely N-dealkylation sites (tertiary alicyclic amines) is 1. The van der Waals surface area contributed by atoms with E-state index in [1.54, 1.807) is 53.4 Å². The fourth-order valence-corrected chi connectivity index (χ4v) is 8.94. The third kappa shape index (κ3) is 7.54. The average Bonchev–Trinajstić information content (AvgIpc) is 3.77. The number of esters is 2. The predicted molar refractivity (Wildman–Crippen MR) is 163 cm³/mol. The number of carbonyl (C=O) groups is 5. The molecule has 2 aromatic carbocycles. The number of rotatable bonds is 12. The van der Waals surface area contributed by atoms with Crippen LogP contribution in [-0.2, 0) is 28.4 Å². The lowest BCUT2D eigenvalue weighted by molar-refractivity contribution is -0.141. The fourth-order valence-electron chi connectivity index (χ4n) is 5.61. The maximum Gasteiger partial charge on any atom is 0.307 e. The molecule has 0 radical (unpaired) electrons. The van der Waals surface area contributed by atoms with Gasteiger partial charge in [-0.2, -0.15) is 0 Å². The topological polar surface area (TPSA) is 160 Å². The van der Waals surface area contributed by atoms with E-state index in [0.717, 1.165) is 19.4 Å². The second kappa shape index (κ2) is 15.1. The maximum atomic E-state index is 15.4. The summed E-state index contributed by atoms with van der Waals surface area (Å²) >= 11 is 0. The Balaban J connectivity index is 1.61. The molecule has 2 saturated heterocycles. The van der Waals surface area contributed by atoms with Crippen LogP contribution in [0.1, 0.15) is 59.2 Å². The molecular weight excluding hydrogens is 587 g/mol. The minimum absolute atomic E-state index is 0.0379. The Bertz CT molecular complexity index is 1330. The molecule has 0 bridgehead atoms. The molecule has 0 saturated carbocycles. The molecule has 0 aliphatic carbocycles. The van der Waals surface area contributed by atoms with E-state index in [0.29, 0.717) is 41.1 Å². The Morgan fingerprint density at radius 3 is 1.73 bits per heavy atom. The summed E-state index contributed by atoms with van der Waals surface area (Å²) in [6, 6.07) is 12.6. The molecule has 236 valence electrons. The van der Waals surface area contributed by atoms with Crippen molar-refractivity contribution in [3.8, 4) is 0 Å². The Hall–Kier alpha value is -4.02. The molecule has 1 unspecified atom stereocenters. The first-order valence-corrected chi connectivity index (χ1v) is 16.5. The van der Waals surface area contributed by atoms with Crippen molar-refractivity contribution in [2.24, 2.45) is 0 Å². The van der Waals surface area contributed by atoms with Gasteiger partial charge < -0.3 is 34.9 Å². The normalized spacial score (nSPS) is 18.0. The third-order valence-electron chi connectivity index (χ3n) is 7.99. The summed E-state index contributed by atoms with van der Waals surface area (Å²) in [5, 5.41) is 9.57. The van der Waals surface area contributed by atoms with Crippen molar-refractivity contribution in [1.82, 2.24) is 20.9 Å². The lowest BCUT2D eigenvalue weighted by atomic mass is 10.2. The van der Waals surface area contributed by atoms with E-state index in [9.17, 15) is 24.0 Å². The predicted octanol–water partition coefficient (Wildman–Crippen LogP) is 1.29. The van der Waals surface area contributed by atoms with Gasteiger partial charge in [0.25, 0.3) is 11.8 Å². The summed E-state index contributed by atoms with van der Waals surface area (Å²) in [4.78, 5) is 63.4. The van der Waals surface area contributed by atoms with Crippen LogP contribution in [0.5, 0.6) is 0 Å². The summed E-state index contributed by atoms with van der Waals surface area (Å²) < 4.78 is 24.5. The number of carbonyl (C=O) groups excluding carboxylic acids is 5. The largest absolute Gasteiger partial charge is 0.469 e. The van der Waals surface area contributed by atoms with Crippen molar-refractivity contribution in [1.29, 1.82) is 0 Å². The fraction of sp³-hybridized carbons (Fsp3) is 0.452. The molecule has 2 aliphatic rings. The highest BCUT2D eigenvalue weighted by molar-refractivity contribution is 7.79. The number of nitrogens with zero attached hydrogens (tertiary/aromatic N) is 1. The zero-order chi connectivity index (χ0) is 31.7. The van der Waals surface area contributed by atoms with Gasteiger partial charge in [-0.1, -0.05) is 24.3 Å². The number of ether oxygens (including phenoxy) is 2. The van der Waals surface area contributed by atoms with Gasteiger partial charge in [0.05, 0.1) is 38.9 Å². The van der Waals surface area contributed by atoms with E-state index in [-0.39, 0.29) is 49.7 Å². The second-order valence-corrected chi connectivity index (χ2v) is 13.7. The van der Waals surface area contributed by atoms with E-state index in [1.165, 1.54) is 14.2 Å². The monoisotopic (exact) mass is 626 g/mol. The first-order valence-electron chi connectivity index (χ1n) is 14.7. The Morgan fingerprint density at radius 1 is 0.795 bits per heavy atom. The number of nitrogens with one attached hydrogen (secondary N) is 3. The van der Waals surface area contributed by atoms with Crippen molar-refractivity contribution >= 4 is 47.4 Å². The number of methoxy groups -OCH3 is 2. The van der Waals surface area contributed by atoms with Crippen molar-refractivity contribution in [3.63, 3.8) is 0 Å². The minimum Gasteiger partial charge on any atom is -0.469 e. The minimum atomic E-state index is -3.51. The zero-order valence-corrected chi connectivity index (χ0v) is 25.9. The van der Waals surface area contributed by atoms with Crippen LogP contribution < -0.4 is 26.6 Å². The van der Waals surface area contributed by atoms with Crippen molar-refractivity contribution in [2.75, 3.05) is 40.4 Å². The molecule has 44 heavy (non-hydrogen) atoms.